The average molecular weight is 251 g/mol. The van der Waals surface area contributed by atoms with E-state index in [-0.39, 0.29) is 5.91 Å². The van der Waals surface area contributed by atoms with Crippen LogP contribution in [0.2, 0.25) is 0 Å². The number of carbonyl (C=O) groups is 2. The first-order valence-electron chi connectivity index (χ1n) is 5.82. The molecule has 1 aromatic rings. The molecule has 0 heterocycles. The summed E-state index contributed by atoms with van der Waals surface area (Å²) in [5.41, 5.74) is 0.501. The van der Waals surface area contributed by atoms with Crippen LogP contribution in [-0.2, 0) is 4.79 Å². The van der Waals surface area contributed by atoms with Crippen molar-refractivity contribution in [1.82, 2.24) is 4.90 Å². The zero-order valence-corrected chi connectivity index (χ0v) is 10.5. The van der Waals surface area contributed by atoms with Crippen molar-refractivity contribution in [1.29, 1.82) is 0 Å². The molecule has 1 amide bonds. The second kappa shape index (κ2) is 6.64. The molecule has 1 aromatic carbocycles. The standard InChI is InChI=1S/C13H17NO4/c1-3-14(4-2)13(17)10-6-5-7-11(8-10)18-9-12(15)16/h5-8H,3-4,9H2,1-2H3,(H,15,16). The molecule has 0 aliphatic carbocycles. The normalized spacial score (nSPS) is 9.89. The van der Waals surface area contributed by atoms with Gasteiger partial charge in [0.05, 0.1) is 0 Å². The highest BCUT2D eigenvalue weighted by molar-refractivity contribution is 5.94. The molecule has 5 nitrogen and oxygen atoms in total. The number of amides is 1. The number of nitrogens with zero attached hydrogens (tertiary/aromatic N) is 1. The first-order valence-corrected chi connectivity index (χ1v) is 5.82. The highest BCUT2D eigenvalue weighted by atomic mass is 16.5. The number of carboxylic acid groups (broad SMARTS) is 1. The molecule has 0 fully saturated rings. The Morgan fingerprint density at radius 3 is 2.50 bits per heavy atom. The van der Waals surface area contributed by atoms with Gasteiger partial charge in [-0.05, 0) is 32.0 Å². The number of hydrogen-bond acceptors (Lipinski definition) is 3. The van der Waals surface area contributed by atoms with Crippen LogP contribution < -0.4 is 4.74 Å². The van der Waals surface area contributed by atoms with Gasteiger partial charge in [-0.2, -0.15) is 0 Å². The van der Waals surface area contributed by atoms with Crippen LogP contribution in [0.5, 0.6) is 5.75 Å². The van der Waals surface area contributed by atoms with E-state index in [1.165, 1.54) is 0 Å². The molecule has 18 heavy (non-hydrogen) atoms. The topological polar surface area (TPSA) is 66.8 Å². The molecule has 0 spiro atoms. The smallest absolute Gasteiger partial charge is 0.341 e. The molecule has 5 heteroatoms. The van der Waals surface area contributed by atoms with E-state index in [9.17, 15) is 9.59 Å². The van der Waals surface area contributed by atoms with E-state index in [1.807, 2.05) is 13.8 Å². The summed E-state index contributed by atoms with van der Waals surface area (Å²) < 4.78 is 5.03. The van der Waals surface area contributed by atoms with Crippen LogP contribution in [0.3, 0.4) is 0 Å². The predicted molar refractivity (Wildman–Crippen MR) is 66.8 cm³/mol. The van der Waals surface area contributed by atoms with Crippen LogP contribution in [0, 0.1) is 0 Å². The third-order valence-corrected chi connectivity index (χ3v) is 2.49. The Labute approximate surface area is 106 Å². The quantitative estimate of drug-likeness (QED) is 0.834. The van der Waals surface area contributed by atoms with Gasteiger partial charge in [-0.3, -0.25) is 4.79 Å². The molecular weight excluding hydrogens is 234 g/mol. The average Bonchev–Trinajstić information content (AvgIpc) is 2.38. The van der Waals surface area contributed by atoms with Gasteiger partial charge in [-0.15, -0.1) is 0 Å². The highest BCUT2D eigenvalue weighted by Gasteiger charge is 2.13. The van der Waals surface area contributed by atoms with Crippen molar-refractivity contribution in [3.8, 4) is 5.75 Å². The van der Waals surface area contributed by atoms with E-state index in [2.05, 4.69) is 0 Å². The molecule has 0 bridgehead atoms. The zero-order chi connectivity index (χ0) is 13.5. The van der Waals surface area contributed by atoms with Gasteiger partial charge in [-0.25, -0.2) is 4.79 Å². The van der Waals surface area contributed by atoms with Crippen molar-refractivity contribution in [3.63, 3.8) is 0 Å². The van der Waals surface area contributed by atoms with Crippen molar-refractivity contribution in [3.05, 3.63) is 29.8 Å². The van der Waals surface area contributed by atoms with Gasteiger partial charge in [0.2, 0.25) is 0 Å². The number of ether oxygens (including phenoxy) is 1. The van der Waals surface area contributed by atoms with Gasteiger partial charge in [0.15, 0.2) is 6.61 Å². The molecule has 98 valence electrons. The minimum Gasteiger partial charge on any atom is -0.482 e. The van der Waals surface area contributed by atoms with E-state index < -0.39 is 12.6 Å². The maximum absolute atomic E-state index is 12.1. The number of carboxylic acids is 1. The molecule has 0 aliphatic rings. The van der Waals surface area contributed by atoms with Crippen LogP contribution in [-0.4, -0.2) is 41.6 Å². The van der Waals surface area contributed by atoms with E-state index in [4.69, 9.17) is 9.84 Å². The maximum atomic E-state index is 12.1. The minimum absolute atomic E-state index is 0.0826. The Morgan fingerprint density at radius 1 is 1.28 bits per heavy atom. The van der Waals surface area contributed by atoms with Crippen LogP contribution in [0.15, 0.2) is 24.3 Å². The van der Waals surface area contributed by atoms with Gasteiger partial charge < -0.3 is 14.7 Å². The lowest BCUT2D eigenvalue weighted by Gasteiger charge is -2.18. The van der Waals surface area contributed by atoms with Crippen LogP contribution >= 0.6 is 0 Å². The lowest BCUT2D eigenvalue weighted by atomic mass is 10.2. The van der Waals surface area contributed by atoms with Crippen molar-refractivity contribution >= 4 is 11.9 Å². The molecule has 0 atom stereocenters. The van der Waals surface area contributed by atoms with Crippen LogP contribution in [0.4, 0.5) is 0 Å². The SMILES string of the molecule is CCN(CC)C(=O)c1cccc(OCC(=O)O)c1. The first kappa shape index (κ1) is 14.0. The van der Waals surface area contributed by atoms with E-state index >= 15 is 0 Å². The van der Waals surface area contributed by atoms with Crippen molar-refractivity contribution < 1.29 is 19.4 Å². The Bertz CT molecular complexity index is 427. The predicted octanol–water partition coefficient (Wildman–Crippen LogP) is 1.63. The summed E-state index contributed by atoms with van der Waals surface area (Å²) in [6, 6.07) is 6.55. The second-order valence-electron chi connectivity index (χ2n) is 3.69. The fourth-order valence-electron chi connectivity index (χ4n) is 1.56. The van der Waals surface area contributed by atoms with Crippen molar-refractivity contribution in [2.24, 2.45) is 0 Å². The molecule has 0 saturated carbocycles. The minimum atomic E-state index is -1.05. The summed E-state index contributed by atoms with van der Waals surface area (Å²) in [6.07, 6.45) is 0. The lowest BCUT2D eigenvalue weighted by molar-refractivity contribution is -0.139. The van der Waals surface area contributed by atoms with Crippen molar-refractivity contribution in [2.45, 2.75) is 13.8 Å². The largest absolute Gasteiger partial charge is 0.482 e. The monoisotopic (exact) mass is 251 g/mol. The zero-order valence-electron chi connectivity index (χ0n) is 10.5. The molecule has 0 aromatic heterocycles. The summed E-state index contributed by atoms with van der Waals surface area (Å²) in [5.74, 6) is -0.744. The molecule has 1 N–H and O–H groups in total. The van der Waals surface area contributed by atoms with Gasteiger partial charge in [0.25, 0.3) is 5.91 Å². The Hall–Kier alpha value is -2.04. The number of rotatable bonds is 6. The van der Waals surface area contributed by atoms with E-state index in [0.717, 1.165) is 0 Å². The fraction of sp³-hybridized carbons (Fsp3) is 0.385. The Balaban J connectivity index is 2.81. The maximum Gasteiger partial charge on any atom is 0.341 e. The number of aliphatic carboxylic acids is 1. The Morgan fingerprint density at radius 2 is 1.94 bits per heavy atom. The van der Waals surface area contributed by atoms with Gasteiger partial charge in [0, 0.05) is 18.7 Å². The second-order valence-corrected chi connectivity index (χ2v) is 3.69. The Kier molecular flexibility index (Phi) is 5.17. The molecule has 0 unspecified atom stereocenters. The molecule has 0 aliphatic heterocycles. The summed E-state index contributed by atoms with van der Waals surface area (Å²) in [7, 11) is 0. The number of carbonyl (C=O) groups excluding carboxylic acids is 1. The van der Waals surface area contributed by atoms with Crippen molar-refractivity contribution in [2.75, 3.05) is 19.7 Å². The van der Waals surface area contributed by atoms with Gasteiger partial charge in [0.1, 0.15) is 5.75 Å². The molecular formula is C13H17NO4. The molecule has 1 rings (SSSR count). The third kappa shape index (κ3) is 3.76. The number of benzene rings is 1. The first-order chi connectivity index (χ1) is 8.58. The van der Waals surface area contributed by atoms with Gasteiger partial charge in [-0.1, -0.05) is 6.07 Å². The lowest BCUT2D eigenvalue weighted by Crippen LogP contribution is -2.30. The summed E-state index contributed by atoms with van der Waals surface area (Å²) in [4.78, 5) is 24.1. The van der Waals surface area contributed by atoms with Gasteiger partial charge >= 0.3 is 5.97 Å². The van der Waals surface area contributed by atoms with Crippen LogP contribution in [0.25, 0.3) is 0 Å². The molecule has 0 saturated heterocycles. The number of hydrogen-bond donors (Lipinski definition) is 1. The summed E-state index contributed by atoms with van der Waals surface area (Å²) >= 11 is 0. The van der Waals surface area contributed by atoms with E-state index in [0.29, 0.717) is 24.4 Å². The fourth-order valence-corrected chi connectivity index (χ4v) is 1.56. The summed E-state index contributed by atoms with van der Waals surface area (Å²) in [6.45, 7) is 4.67. The third-order valence-electron chi connectivity index (χ3n) is 2.49. The summed E-state index contributed by atoms with van der Waals surface area (Å²) in [5, 5.41) is 8.52. The van der Waals surface area contributed by atoms with Crippen LogP contribution in [0.1, 0.15) is 24.2 Å². The molecule has 0 radical (unpaired) electrons. The highest BCUT2D eigenvalue weighted by Crippen LogP contribution is 2.15. The van der Waals surface area contributed by atoms with E-state index in [1.54, 1.807) is 29.2 Å².